The summed E-state index contributed by atoms with van der Waals surface area (Å²) in [5.74, 6) is 0.510. The molecule has 2 aromatic carbocycles. The van der Waals surface area contributed by atoms with Crippen LogP contribution in [-0.4, -0.2) is 23.2 Å². The van der Waals surface area contributed by atoms with Gasteiger partial charge in [-0.1, -0.05) is 18.2 Å². The molecule has 0 aliphatic carbocycles. The molecule has 3 rings (SSSR count). The van der Waals surface area contributed by atoms with Crippen molar-refractivity contribution in [3.8, 4) is 5.75 Å². The van der Waals surface area contributed by atoms with Crippen molar-refractivity contribution in [3.63, 3.8) is 0 Å². The third-order valence-corrected chi connectivity index (χ3v) is 3.65. The summed E-state index contributed by atoms with van der Waals surface area (Å²) in [5.41, 5.74) is 1.74. The molecule has 0 radical (unpaired) electrons. The Labute approximate surface area is 150 Å². The lowest BCUT2D eigenvalue weighted by molar-refractivity contribution is 0.0944. The molecule has 0 aliphatic heterocycles. The number of hydrogen-bond acceptors (Lipinski definition) is 5. The van der Waals surface area contributed by atoms with Crippen LogP contribution in [0.25, 0.3) is 0 Å². The first kappa shape index (κ1) is 17.3. The Bertz CT molecular complexity index is 883. The van der Waals surface area contributed by atoms with Crippen molar-refractivity contribution < 1.29 is 13.9 Å². The number of methoxy groups -OCH3 is 1. The van der Waals surface area contributed by atoms with Gasteiger partial charge in [0.05, 0.1) is 7.11 Å². The molecule has 0 saturated heterocycles. The molecule has 7 heteroatoms. The van der Waals surface area contributed by atoms with E-state index in [1.165, 1.54) is 12.1 Å². The lowest BCUT2D eigenvalue weighted by Gasteiger charge is -2.09. The molecule has 6 nitrogen and oxygen atoms in total. The summed E-state index contributed by atoms with van der Waals surface area (Å²) in [6.45, 7) is 0.320. The number of para-hydroxylation sites is 1. The fourth-order valence-electron chi connectivity index (χ4n) is 2.32. The average Bonchev–Trinajstić information content (AvgIpc) is 2.68. The van der Waals surface area contributed by atoms with Crippen LogP contribution in [-0.2, 0) is 6.54 Å². The molecule has 3 aromatic rings. The SMILES string of the molecule is COc1ccccc1CNC(=O)c1ccc(Nc2ccc(F)cc2)nn1. The number of anilines is 2. The van der Waals surface area contributed by atoms with Crippen LogP contribution in [0, 0.1) is 5.82 Å². The second-order valence-electron chi connectivity index (χ2n) is 5.43. The zero-order valence-corrected chi connectivity index (χ0v) is 14.1. The van der Waals surface area contributed by atoms with Gasteiger partial charge in [0.15, 0.2) is 11.5 Å². The van der Waals surface area contributed by atoms with Crippen LogP contribution < -0.4 is 15.4 Å². The number of rotatable bonds is 6. The highest BCUT2D eigenvalue weighted by Gasteiger charge is 2.10. The molecule has 0 unspecified atom stereocenters. The molecule has 1 amide bonds. The van der Waals surface area contributed by atoms with Crippen LogP contribution in [0.4, 0.5) is 15.9 Å². The lowest BCUT2D eigenvalue weighted by atomic mass is 10.2. The molecule has 1 aromatic heterocycles. The van der Waals surface area contributed by atoms with Gasteiger partial charge in [-0.15, -0.1) is 10.2 Å². The first-order valence-corrected chi connectivity index (χ1v) is 7.92. The molecule has 132 valence electrons. The Morgan fingerprint density at radius 1 is 1.04 bits per heavy atom. The van der Waals surface area contributed by atoms with Gasteiger partial charge in [0, 0.05) is 17.8 Å². The van der Waals surface area contributed by atoms with Gasteiger partial charge in [-0.25, -0.2) is 4.39 Å². The van der Waals surface area contributed by atoms with Crippen LogP contribution in [0.15, 0.2) is 60.7 Å². The fourth-order valence-corrected chi connectivity index (χ4v) is 2.32. The number of benzene rings is 2. The number of nitrogens with zero attached hydrogens (tertiary/aromatic N) is 2. The Kier molecular flexibility index (Phi) is 5.38. The number of ether oxygens (including phenoxy) is 1. The summed E-state index contributed by atoms with van der Waals surface area (Å²) < 4.78 is 18.2. The highest BCUT2D eigenvalue weighted by molar-refractivity contribution is 5.92. The molecule has 0 saturated carbocycles. The van der Waals surface area contributed by atoms with E-state index in [1.807, 2.05) is 24.3 Å². The van der Waals surface area contributed by atoms with Crippen molar-refractivity contribution in [1.82, 2.24) is 15.5 Å². The van der Waals surface area contributed by atoms with Crippen LogP contribution in [0.1, 0.15) is 16.1 Å². The highest BCUT2D eigenvalue weighted by Crippen LogP contribution is 2.17. The van der Waals surface area contributed by atoms with Crippen LogP contribution in [0.2, 0.25) is 0 Å². The van der Waals surface area contributed by atoms with E-state index in [0.717, 1.165) is 5.56 Å². The maximum Gasteiger partial charge on any atom is 0.272 e. The molecule has 0 fully saturated rings. The summed E-state index contributed by atoms with van der Waals surface area (Å²) in [6, 6.07) is 16.5. The fraction of sp³-hybridized carbons (Fsp3) is 0.105. The topological polar surface area (TPSA) is 76.1 Å². The Morgan fingerprint density at radius 2 is 1.81 bits per heavy atom. The maximum absolute atomic E-state index is 12.9. The number of nitrogens with one attached hydrogen (secondary N) is 2. The van der Waals surface area contributed by atoms with Crippen molar-refractivity contribution in [1.29, 1.82) is 0 Å². The van der Waals surface area contributed by atoms with E-state index in [1.54, 1.807) is 31.4 Å². The Balaban J connectivity index is 1.60. The molecule has 2 N–H and O–H groups in total. The average molecular weight is 352 g/mol. The molecular formula is C19H17FN4O2. The number of carbonyl (C=O) groups excluding carboxylic acids is 1. The number of aromatic nitrogens is 2. The lowest BCUT2D eigenvalue weighted by Crippen LogP contribution is -2.24. The zero-order valence-electron chi connectivity index (χ0n) is 14.1. The number of halogens is 1. The van der Waals surface area contributed by atoms with E-state index in [0.29, 0.717) is 23.8 Å². The van der Waals surface area contributed by atoms with E-state index >= 15 is 0 Å². The van der Waals surface area contributed by atoms with Gasteiger partial charge in [-0.3, -0.25) is 4.79 Å². The maximum atomic E-state index is 12.9. The van der Waals surface area contributed by atoms with Gasteiger partial charge in [-0.2, -0.15) is 0 Å². The van der Waals surface area contributed by atoms with Gasteiger partial charge in [-0.05, 0) is 42.5 Å². The minimum Gasteiger partial charge on any atom is -0.496 e. The standard InChI is InChI=1S/C19H17FN4O2/c1-26-17-5-3-2-4-13(17)12-21-19(25)16-10-11-18(24-23-16)22-15-8-6-14(20)7-9-15/h2-11H,12H2,1H3,(H,21,25)(H,22,24). The van der Waals surface area contributed by atoms with Crippen LogP contribution >= 0.6 is 0 Å². The molecule has 0 spiro atoms. The predicted molar refractivity (Wildman–Crippen MR) is 95.9 cm³/mol. The third-order valence-electron chi connectivity index (χ3n) is 3.65. The van der Waals surface area contributed by atoms with E-state index in [9.17, 15) is 9.18 Å². The summed E-state index contributed by atoms with van der Waals surface area (Å²) >= 11 is 0. The van der Waals surface area contributed by atoms with E-state index in [-0.39, 0.29) is 17.4 Å². The second kappa shape index (κ2) is 8.06. The summed E-state index contributed by atoms with van der Waals surface area (Å²) in [4.78, 5) is 12.2. The highest BCUT2D eigenvalue weighted by atomic mass is 19.1. The zero-order chi connectivity index (χ0) is 18.4. The van der Waals surface area contributed by atoms with Gasteiger partial charge in [0.25, 0.3) is 5.91 Å². The van der Waals surface area contributed by atoms with Gasteiger partial charge in [0.2, 0.25) is 0 Å². The molecule has 0 bridgehead atoms. The minimum atomic E-state index is -0.336. The first-order chi connectivity index (χ1) is 12.7. The molecule has 0 atom stereocenters. The molecule has 26 heavy (non-hydrogen) atoms. The van der Waals surface area contributed by atoms with Gasteiger partial charge >= 0.3 is 0 Å². The van der Waals surface area contributed by atoms with E-state index in [2.05, 4.69) is 20.8 Å². The largest absolute Gasteiger partial charge is 0.496 e. The number of carbonyl (C=O) groups is 1. The van der Waals surface area contributed by atoms with Gasteiger partial charge < -0.3 is 15.4 Å². The van der Waals surface area contributed by atoms with Crippen LogP contribution in [0.3, 0.4) is 0 Å². The number of hydrogen-bond donors (Lipinski definition) is 2. The minimum absolute atomic E-state index is 0.199. The van der Waals surface area contributed by atoms with Crippen molar-refractivity contribution >= 4 is 17.4 Å². The second-order valence-corrected chi connectivity index (χ2v) is 5.43. The Hall–Kier alpha value is -3.48. The Morgan fingerprint density at radius 3 is 2.50 bits per heavy atom. The molecular weight excluding hydrogens is 335 g/mol. The molecule has 0 aliphatic rings. The summed E-state index contributed by atoms with van der Waals surface area (Å²) in [5, 5.41) is 13.6. The third kappa shape index (κ3) is 4.32. The predicted octanol–water partition coefficient (Wildman–Crippen LogP) is 3.30. The van der Waals surface area contributed by atoms with Crippen molar-refractivity contribution in [2.45, 2.75) is 6.54 Å². The van der Waals surface area contributed by atoms with Crippen molar-refractivity contribution in [3.05, 3.63) is 77.7 Å². The van der Waals surface area contributed by atoms with Gasteiger partial charge in [0.1, 0.15) is 11.6 Å². The quantitative estimate of drug-likeness (QED) is 0.712. The normalized spacial score (nSPS) is 10.2. The number of amides is 1. The molecule has 1 heterocycles. The summed E-state index contributed by atoms with van der Waals surface area (Å²) in [7, 11) is 1.58. The van der Waals surface area contributed by atoms with Crippen LogP contribution in [0.5, 0.6) is 5.75 Å². The smallest absolute Gasteiger partial charge is 0.272 e. The van der Waals surface area contributed by atoms with Crippen molar-refractivity contribution in [2.24, 2.45) is 0 Å². The first-order valence-electron chi connectivity index (χ1n) is 7.92. The van der Waals surface area contributed by atoms with E-state index < -0.39 is 0 Å². The van der Waals surface area contributed by atoms with Crippen molar-refractivity contribution in [2.75, 3.05) is 12.4 Å². The van der Waals surface area contributed by atoms with E-state index in [4.69, 9.17) is 4.74 Å². The monoisotopic (exact) mass is 352 g/mol. The summed E-state index contributed by atoms with van der Waals surface area (Å²) in [6.07, 6.45) is 0.